The van der Waals surface area contributed by atoms with Crippen LogP contribution in [0.1, 0.15) is 10.6 Å². The molecule has 6 heteroatoms. The first kappa shape index (κ1) is 12.9. The lowest BCUT2D eigenvalue weighted by molar-refractivity contribution is 0.0940. The average molecular weight is 280 g/mol. The Hall–Kier alpha value is -3.15. The molecule has 0 aromatic carbocycles. The van der Waals surface area contributed by atoms with Gasteiger partial charge in [0.2, 0.25) is 0 Å². The van der Waals surface area contributed by atoms with Crippen molar-refractivity contribution in [3.05, 3.63) is 66.5 Å². The summed E-state index contributed by atoms with van der Waals surface area (Å²) in [6.45, 7) is 0. The Labute approximate surface area is 120 Å². The van der Waals surface area contributed by atoms with Crippen molar-refractivity contribution in [2.24, 2.45) is 5.10 Å². The van der Waals surface area contributed by atoms with Crippen molar-refractivity contribution in [1.82, 2.24) is 15.7 Å². The van der Waals surface area contributed by atoms with Crippen LogP contribution in [-0.2, 0) is 0 Å². The zero-order valence-electron chi connectivity index (χ0n) is 11.0. The second kappa shape index (κ2) is 5.87. The van der Waals surface area contributed by atoms with E-state index in [0.29, 0.717) is 11.5 Å². The number of amides is 1. The summed E-state index contributed by atoms with van der Waals surface area (Å²) in [7, 11) is 0. The van der Waals surface area contributed by atoms with E-state index in [1.807, 2.05) is 12.1 Å². The summed E-state index contributed by atoms with van der Waals surface area (Å²) in [6, 6.07) is 7.04. The maximum atomic E-state index is 12.1. The third-order valence-electron chi connectivity index (χ3n) is 2.76. The molecule has 0 spiro atoms. The molecule has 0 radical (unpaired) electrons. The van der Waals surface area contributed by atoms with Gasteiger partial charge in [0, 0.05) is 30.4 Å². The summed E-state index contributed by atoms with van der Waals surface area (Å²) < 4.78 is 5.55. The molecule has 1 aliphatic rings. The minimum atomic E-state index is -0.329. The zero-order valence-corrected chi connectivity index (χ0v) is 11.0. The number of carbonyl (C=O) groups excluding carboxylic acids is 1. The minimum absolute atomic E-state index is 0.230. The van der Waals surface area contributed by atoms with Crippen molar-refractivity contribution in [3.8, 4) is 11.3 Å². The first-order chi connectivity index (χ1) is 10.3. The number of nitrogens with one attached hydrogen (secondary N) is 2. The van der Waals surface area contributed by atoms with E-state index < -0.39 is 0 Å². The van der Waals surface area contributed by atoms with Crippen LogP contribution in [0.15, 0.2) is 70.2 Å². The molecule has 21 heavy (non-hydrogen) atoms. The van der Waals surface area contributed by atoms with E-state index in [2.05, 4.69) is 20.8 Å². The van der Waals surface area contributed by atoms with E-state index >= 15 is 0 Å². The number of rotatable bonds is 3. The van der Waals surface area contributed by atoms with Crippen molar-refractivity contribution < 1.29 is 9.21 Å². The Morgan fingerprint density at radius 2 is 2.24 bits per heavy atom. The fourth-order valence-corrected chi connectivity index (χ4v) is 1.78. The number of furan rings is 1. The molecule has 0 saturated heterocycles. The van der Waals surface area contributed by atoms with Gasteiger partial charge < -0.3 is 9.73 Å². The van der Waals surface area contributed by atoms with Crippen molar-refractivity contribution in [2.45, 2.75) is 0 Å². The number of allylic oxidation sites excluding steroid dienone is 2. The molecule has 3 heterocycles. The lowest BCUT2D eigenvalue weighted by Gasteiger charge is -2.03. The summed E-state index contributed by atoms with van der Waals surface area (Å²) in [6.07, 6.45) is 9.98. The van der Waals surface area contributed by atoms with Crippen LogP contribution in [0.3, 0.4) is 0 Å². The molecule has 1 aliphatic heterocycles. The summed E-state index contributed by atoms with van der Waals surface area (Å²) in [4.78, 5) is 16.1. The summed E-state index contributed by atoms with van der Waals surface area (Å²) >= 11 is 0. The Morgan fingerprint density at radius 3 is 3.10 bits per heavy atom. The van der Waals surface area contributed by atoms with Crippen molar-refractivity contribution in [2.75, 3.05) is 0 Å². The Morgan fingerprint density at radius 1 is 1.29 bits per heavy atom. The topological polar surface area (TPSA) is 79.5 Å². The predicted molar refractivity (Wildman–Crippen MR) is 78.3 cm³/mol. The van der Waals surface area contributed by atoms with Gasteiger partial charge >= 0.3 is 0 Å². The Kier molecular flexibility index (Phi) is 3.60. The predicted octanol–water partition coefficient (Wildman–Crippen LogP) is 2.06. The third kappa shape index (κ3) is 3.06. The smallest absolute Gasteiger partial charge is 0.291 e. The van der Waals surface area contributed by atoms with Crippen LogP contribution in [0, 0.1) is 0 Å². The van der Waals surface area contributed by atoms with Crippen LogP contribution in [0.4, 0.5) is 0 Å². The van der Waals surface area contributed by atoms with Gasteiger partial charge in [0.05, 0.1) is 5.70 Å². The quantitative estimate of drug-likeness (QED) is 0.902. The SMILES string of the molecule is O=C(NC1=CNN=CC=C1)c1ccc(-c2cccnc2)o1. The Balaban J connectivity index is 1.74. The molecule has 0 fully saturated rings. The first-order valence-corrected chi connectivity index (χ1v) is 6.30. The van der Waals surface area contributed by atoms with E-state index in [4.69, 9.17) is 4.42 Å². The number of carbonyl (C=O) groups is 1. The maximum absolute atomic E-state index is 12.1. The van der Waals surface area contributed by atoms with E-state index in [1.165, 1.54) is 0 Å². The van der Waals surface area contributed by atoms with Gasteiger partial charge in [-0.2, -0.15) is 5.10 Å². The molecular formula is C15H12N4O2. The fourth-order valence-electron chi connectivity index (χ4n) is 1.78. The molecular weight excluding hydrogens is 268 g/mol. The molecule has 2 aromatic rings. The van der Waals surface area contributed by atoms with Crippen LogP contribution < -0.4 is 10.7 Å². The van der Waals surface area contributed by atoms with E-state index in [1.54, 1.807) is 49.1 Å². The molecule has 3 rings (SSSR count). The van der Waals surface area contributed by atoms with Gasteiger partial charge in [0.25, 0.3) is 5.91 Å². The van der Waals surface area contributed by atoms with Crippen LogP contribution >= 0.6 is 0 Å². The number of aromatic nitrogens is 1. The summed E-state index contributed by atoms with van der Waals surface area (Å²) in [5.74, 6) is 0.498. The standard InChI is InChI=1S/C15H12N4O2/c20-15(19-12-4-2-8-17-18-10-12)14-6-5-13(21-14)11-3-1-7-16-9-11/h1-10,18H,(H,19,20). The number of hydrogen-bond donors (Lipinski definition) is 2. The van der Waals surface area contributed by atoms with Gasteiger partial charge in [-0.15, -0.1) is 0 Å². The van der Waals surface area contributed by atoms with Crippen LogP contribution in [0.25, 0.3) is 11.3 Å². The lowest BCUT2D eigenvalue weighted by atomic mass is 10.2. The van der Waals surface area contributed by atoms with Gasteiger partial charge in [-0.25, -0.2) is 0 Å². The Bertz CT molecular complexity index is 729. The van der Waals surface area contributed by atoms with E-state index in [9.17, 15) is 4.79 Å². The highest BCUT2D eigenvalue weighted by molar-refractivity contribution is 5.93. The van der Waals surface area contributed by atoms with Gasteiger partial charge in [-0.1, -0.05) is 0 Å². The van der Waals surface area contributed by atoms with Crippen LogP contribution in [-0.4, -0.2) is 17.1 Å². The van der Waals surface area contributed by atoms with Crippen molar-refractivity contribution in [3.63, 3.8) is 0 Å². The number of hydrazone groups is 1. The third-order valence-corrected chi connectivity index (χ3v) is 2.76. The average Bonchev–Trinajstić information content (AvgIpc) is 2.88. The van der Waals surface area contributed by atoms with Gasteiger partial charge in [0.1, 0.15) is 5.76 Å². The molecule has 104 valence electrons. The second-order valence-electron chi connectivity index (χ2n) is 4.23. The molecule has 1 amide bonds. The number of hydrogen-bond acceptors (Lipinski definition) is 5. The lowest BCUT2D eigenvalue weighted by Crippen LogP contribution is -2.22. The maximum Gasteiger partial charge on any atom is 0.291 e. The number of pyridine rings is 1. The van der Waals surface area contributed by atoms with Crippen molar-refractivity contribution >= 4 is 12.1 Å². The van der Waals surface area contributed by atoms with E-state index in [0.717, 1.165) is 5.56 Å². The highest BCUT2D eigenvalue weighted by Crippen LogP contribution is 2.21. The van der Waals surface area contributed by atoms with Gasteiger partial charge in [-0.05, 0) is 36.4 Å². The summed E-state index contributed by atoms with van der Waals surface area (Å²) in [5, 5.41) is 6.55. The minimum Gasteiger partial charge on any atom is -0.451 e. The molecule has 0 unspecified atom stereocenters. The highest BCUT2D eigenvalue weighted by atomic mass is 16.3. The zero-order chi connectivity index (χ0) is 14.5. The molecule has 0 aliphatic carbocycles. The first-order valence-electron chi connectivity index (χ1n) is 6.30. The monoisotopic (exact) mass is 280 g/mol. The highest BCUT2D eigenvalue weighted by Gasteiger charge is 2.13. The molecule has 0 bridgehead atoms. The molecule has 6 nitrogen and oxygen atoms in total. The molecule has 2 N–H and O–H groups in total. The molecule has 0 atom stereocenters. The van der Waals surface area contributed by atoms with Crippen molar-refractivity contribution in [1.29, 1.82) is 0 Å². The number of nitrogens with zero attached hydrogens (tertiary/aromatic N) is 2. The van der Waals surface area contributed by atoms with Crippen LogP contribution in [0.2, 0.25) is 0 Å². The fraction of sp³-hybridized carbons (Fsp3) is 0. The van der Waals surface area contributed by atoms with Gasteiger partial charge in [0.15, 0.2) is 5.76 Å². The van der Waals surface area contributed by atoms with Crippen LogP contribution in [0.5, 0.6) is 0 Å². The van der Waals surface area contributed by atoms with Gasteiger partial charge in [-0.3, -0.25) is 15.2 Å². The molecule has 0 saturated carbocycles. The molecule has 2 aromatic heterocycles. The second-order valence-corrected chi connectivity index (χ2v) is 4.23. The largest absolute Gasteiger partial charge is 0.451 e. The summed E-state index contributed by atoms with van der Waals surface area (Å²) in [5.41, 5.74) is 4.09. The van der Waals surface area contributed by atoms with E-state index in [-0.39, 0.29) is 11.7 Å². The normalized spacial score (nSPS) is 13.2.